The van der Waals surface area contributed by atoms with Crippen molar-refractivity contribution in [2.24, 2.45) is 0 Å². The van der Waals surface area contributed by atoms with Crippen molar-refractivity contribution in [3.8, 4) is 0 Å². The Labute approximate surface area is 106 Å². The third-order valence-electron chi connectivity index (χ3n) is 2.94. The van der Waals surface area contributed by atoms with Gasteiger partial charge in [0.25, 0.3) is 0 Å². The van der Waals surface area contributed by atoms with Gasteiger partial charge in [0.2, 0.25) is 0 Å². The van der Waals surface area contributed by atoms with E-state index in [4.69, 9.17) is 4.74 Å². The molecule has 0 bridgehead atoms. The van der Waals surface area contributed by atoms with Crippen LogP contribution in [0.25, 0.3) is 0 Å². The van der Waals surface area contributed by atoms with Crippen molar-refractivity contribution < 1.29 is 4.74 Å². The Morgan fingerprint density at radius 1 is 1.00 bits per heavy atom. The summed E-state index contributed by atoms with van der Waals surface area (Å²) in [5, 5.41) is 0. The van der Waals surface area contributed by atoms with Crippen LogP contribution in [0.4, 0.5) is 5.69 Å². The summed E-state index contributed by atoms with van der Waals surface area (Å²) in [6, 6.07) is 8.91. The highest BCUT2D eigenvalue weighted by atomic mass is 16.5. The number of morpholine rings is 1. The van der Waals surface area contributed by atoms with E-state index in [9.17, 15) is 0 Å². The van der Waals surface area contributed by atoms with Gasteiger partial charge in [0.1, 0.15) is 0 Å². The zero-order valence-corrected chi connectivity index (χ0v) is 11.6. The van der Waals surface area contributed by atoms with Crippen LogP contribution in [0.3, 0.4) is 0 Å². The van der Waals surface area contributed by atoms with Gasteiger partial charge in [0.05, 0.1) is 13.2 Å². The first kappa shape index (κ1) is 14.0. The van der Waals surface area contributed by atoms with Crippen molar-refractivity contribution in [2.75, 3.05) is 31.2 Å². The normalized spacial score (nSPS) is 15.5. The molecule has 1 saturated heterocycles. The summed E-state index contributed by atoms with van der Waals surface area (Å²) in [5.41, 5.74) is 2.73. The molecule has 96 valence electrons. The molecule has 2 nitrogen and oxygen atoms in total. The van der Waals surface area contributed by atoms with Gasteiger partial charge in [-0.25, -0.2) is 0 Å². The lowest BCUT2D eigenvalue weighted by Crippen LogP contribution is -2.36. The van der Waals surface area contributed by atoms with Gasteiger partial charge in [-0.1, -0.05) is 39.8 Å². The number of hydrogen-bond donors (Lipinski definition) is 0. The summed E-state index contributed by atoms with van der Waals surface area (Å²) in [6.45, 7) is 12.2. The Morgan fingerprint density at radius 2 is 1.53 bits per heavy atom. The predicted octanol–water partition coefficient (Wildman–Crippen LogP) is 3.67. The number of ether oxygens (including phenoxy) is 1. The molecule has 1 aliphatic heterocycles. The van der Waals surface area contributed by atoms with E-state index in [0.29, 0.717) is 5.92 Å². The first-order valence-corrected chi connectivity index (χ1v) is 6.70. The molecule has 1 fully saturated rings. The Kier molecular flexibility index (Phi) is 6.06. The van der Waals surface area contributed by atoms with Crippen LogP contribution in [-0.2, 0) is 4.74 Å². The Bertz CT molecular complexity index is 299. The first-order chi connectivity index (χ1) is 8.27. The molecule has 0 N–H and O–H groups in total. The Balaban J connectivity index is 0.000000686. The van der Waals surface area contributed by atoms with Crippen molar-refractivity contribution in [1.29, 1.82) is 0 Å². The van der Waals surface area contributed by atoms with E-state index < -0.39 is 0 Å². The highest BCUT2D eigenvalue weighted by Gasteiger charge is 2.10. The maximum Gasteiger partial charge on any atom is 0.0642 e. The van der Waals surface area contributed by atoms with Crippen LogP contribution >= 0.6 is 0 Å². The standard InChI is InChI=1S/C13H19NO.C2H6/c1-11(2)12-3-5-13(6-4-12)14-7-9-15-10-8-14;1-2/h3-6,11H,7-10H2,1-2H3;1-2H3. The number of hydrogen-bond acceptors (Lipinski definition) is 2. The predicted molar refractivity (Wildman–Crippen MR) is 74.9 cm³/mol. The van der Waals surface area contributed by atoms with Gasteiger partial charge in [0.15, 0.2) is 0 Å². The first-order valence-electron chi connectivity index (χ1n) is 6.70. The lowest BCUT2D eigenvalue weighted by Gasteiger charge is -2.29. The van der Waals surface area contributed by atoms with E-state index in [1.54, 1.807) is 0 Å². The van der Waals surface area contributed by atoms with E-state index in [2.05, 4.69) is 43.0 Å². The fourth-order valence-corrected chi connectivity index (χ4v) is 1.89. The Morgan fingerprint density at radius 3 is 2.00 bits per heavy atom. The Hall–Kier alpha value is -1.02. The lowest BCUT2D eigenvalue weighted by molar-refractivity contribution is 0.122. The number of anilines is 1. The largest absolute Gasteiger partial charge is 0.378 e. The fraction of sp³-hybridized carbons (Fsp3) is 0.600. The summed E-state index contributed by atoms with van der Waals surface area (Å²) in [7, 11) is 0. The minimum Gasteiger partial charge on any atom is -0.378 e. The van der Waals surface area contributed by atoms with Gasteiger partial charge in [-0.05, 0) is 23.6 Å². The topological polar surface area (TPSA) is 12.5 Å². The van der Waals surface area contributed by atoms with Crippen LogP contribution in [0.2, 0.25) is 0 Å². The highest BCUT2D eigenvalue weighted by molar-refractivity contribution is 5.48. The summed E-state index contributed by atoms with van der Waals surface area (Å²) < 4.78 is 5.34. The number of benzene rings is 1. The molecule has 1 aromatic rings. The SMILES string of the molecule is CC.CC(C)c1ccc(N2CCOCC2)cc1. The fourth-order valence-electron chi connectivity index (χ4n) is 1.89. The summed E-state index contributed by atoms with van der Waals surface area (Å²) >= 11 is 0. The van der Waals surface area contributed by atoms with Crippen molar-refractivity contribution >= 4 is 5.69 Å². The van der Waals surface area contributed by atoms with Crippen LogP contribution in [0.1, 0.15) is 39.2 Å². The van der Waals surface area contributed by atoms with Gasteiger partial charge in [0, 0.05) is 18.8 Å². The second-order valence-electron chi connectivity index (χ2n) is 4.35. The van der Waals surface area contributed by atoms with E-state index >= 15 is 0 Å². The quantitative estimate of drug-likeness (QED) is 0.775. The van der Waals surface area contributed by atoms with Crippen molar-refractivity contribution in [2.45, 2.75) is 33.6 Å². The van der Waals surface area contributed by atoms with Crippen LogP contribution in [-0.4, -0.2) is 26.3 Å². The van der Waals surface area contributed by atoms with Gasteiger partial charge in [-0.3, -0.25) is 0 Å². The zero-order chi connectivity index (χ0) is 12.7. The van der Waals surface area contributed by atoms with Crippen molar-refractivity contribution in [3.63, 3.8) is 0 Å². The molecule has 0 aromatic heterocycles. The average Bonchev–Trinajstić information content (AvgIpc) is 2.42. The second-order valence-corrected chi connectivity index (χ2v) is 4.35. The molecular formula is C15H25NO. The lowest BCUT2D eigenvalue weighted by atomic mass is 10.0. The zero-order valence-electron chi connectivity index (χ0n) is 11.6. The van der Waals surface area contributed by atoms with E-state index in [0.717, 1.165) is 26.3 Å². The molecule has 0 unspecified atom stereocenters. The molecule has 17 heavy (non-hydrogen) atoms. The summed E-state index contributed by atoms with van der Waals surface area (Å²) in [6.07, 6.45) is 0. The smallest absolute Gasteiger partial charge is 0.0642 e. The third kappa shape index (κ3) is 4.04. The van der Waals surface area contributed by atoms with Gasteiger partial charge in [-0.15, -0.1) is 0 Å². The van der Waals surface area contributed by atoms with Gasteiger partial charge in [-0.2, -0.15) is 0 Å². The number of rotatable bonds is 2. The monoisotopic (exact) mass is 235 g/mol. The molecular weight excluding hydrogens is 210 g/mol. The van der Waals surface area contributed by atoms with Crippen molar-refractivity contribution in [1.82, 2.24) is 0 Å². The highest BCUT2D eigenvalue weighted by Crippen LogP contribution is 2.20. The molecule has 0 atom stereocenters. The van der Waals surface area contributed by atoms with Crippen LogP contribution < -0.4 is 4.90 Å². The van der Waals surface area contributed by atoms with Gasteiger partial charge < -0.3 is 9.64 Å². The number of nitrogens with zero attached hydrogens (tertiary/aromatic N) is 1. The van der Waals surface area contributed by atoms with E-state index in [1.165, 1.54) is 11.3 Å². The summed E-state index contributed by atoms with van der Waals surface area (Å²) in [4.78, 5) is 2.38. The molecule has 1 heterocycles. The molecule has 2 heteroatoms. The van der Waals surface area contributed by atoms with Crippen molar-refractivity contribution in [3.05, 3.63) is 29.8 Å². The molecule has 2 rings (SSSR count). The molecule has 0 saturated carbocycles. The van der Waals surface area contributed by atoms with Crippen LogP contribution in [0, 0.1) is 0 Å². The minimum absolute atomic E-state index is 0.615. The minimum atomic E-state index is 0.615. The van der Waals surface area contributed by atoms with Gasteiger partial charge >= 0.3 is 0 Å². The summed E-state index contributed by atoms with van der Waals surface area (Å²) in [5.74, 6) is 0.615. The molecule has 1 aromatic carbocycles. The second kappa shape index (κ2) is 7.33. The molecule has 0 radical (unpaired) electrons. The van der Waals surface area contributed by atoms with E-state index in [-0.39, 0.29) is 0 Å². The van der Waals surface area contributed by atoms with Crippen LogP contribution in [0.15, 0.2) is 24.3 Å². The molecule has 1 aliphatic rings. The average molecular weight is 235 g/mol. The molecule has 0 aliphatic carbocycles. The maximum absolute atomic E-state index is 5.34. The maximum atomic E-state index is 5.34. The molecule has 0 amide bonds. The van der Waals surface area contributed by atoms with Crippen LogP contribution in [0.5, 0.6) is 0 Å². The third-order valence-corrected chi connectivity index (χ3v) is 2.94. The van der Waals surface area contributed by atoms with E-state index in [1.807, 2.05) is 13.8 Å². The molecule has 0 spiro atoms.